The smallest absolute Gasteiger partial charge is 0.250 e. The first-order valence-corrected chi connectivity index (χ1v) is 8.61. The van der Waals surface area contributed by atoms with Crippen LogP contribution in [0.5, 0.6) is 0 Å². The van der Waals surface area contributed by atoms with Gasteiger partial charge in [-0.15, -0.1) is 0 Å². The average Bonchev–Trinajstić information content (AvgIpc) is 3.14. The fourth-order valence-corrected chi connectivity index (χ4v) is 2.96. The summed E-state index contributed by atoms with van der Waals surface area (Å²) in [7, 11) is 0. The number of ether oxygens (including phenoxy) is 1. The number of H-pyrrole nitrogens is 1. The van der Waals surface area contributed by atoms with Crippen LogP contribution in [0.25, 0.3) is 0 Å². The summed E-state index contributed by atoms with van der Waals surface area (Å²) >= 11 is 0. The van der Waals surface area contributed by atoms with Crippen molar-refractivity contribution in [3.05, 3.63) is 46.9 Å². The normalized spacial score (nSPS) is 17.6. The minimum Gasteiger partial charge on any atom is -0.375 e. The first-order chi connectivity index (χ1) is 12.2. The largest absolute Gasteiger partial charge is 0.375 e. The molecule has 1 N–H and O–H groups in total. The van der Waals surface area contributed by atoms with E-state index in [2.05, 4.69) is 15.1 Å². The summed E-state index contributed by atoms with van der Waals surface area (Å²) in [5, 5.41) is 4.14. The number of amides is 1. The van der Waals surface area contributed by atoms with Crippen LogP contribution in [0.15, 0.2) is 35.6 Å². The fraction of sp³-hybridized carbons (Fsp3) is 0.529. The van der Waals surface area contributed by atoms with Crippen LogP contribution < -0.4 is 5.56 Å². The summed E-state index contributed by atoms with van der Waals surface area (Å²) in [6.45, 7) is 2.54. The Morgan fingerprint density at radius 1 is 1.44 bits per heavy atom. The van der Waals surface area contributed by atoms with Crippen molar-refractivity contribution in [1.82, 2.24) is 24.6 Å². The van der Waals surface area contributed by atoms with E-state index < -0.39 is 0 Å². The third kappa shape index (κ3) is 5.25. The molecule has 0 aliphatic carbocycles. The summed E-state index contributed by atoms with van der Waals surface area (Å²) in [5.41, 5.74) is 0.596. The van der Waals surface area contributed by atoms with Crippen LogP contribution in [0.2, 0.25) is 0 Å². The van der Waals surface area contributed by atoms with Crippen molar-refractivity contribution in [3.63, 3.8) is 0 Å². The molecule has 0 unspecified atom stereocenters. The SMILES string of the molecule is O=C(CCCn1cccn1)N1CCO[C@@H](CCc2cc(=O)[nH]cn2)C1. The first kappa shape index (κ1) is 17.3. The summed E-state index contributed by atoms with van der Waals surface area (Å²) in [6, 6.07) is 3.38. The number of nitrogens with zero attached hydrogens (tertiary/aromatic N) is 4. The molecule has 3 rings (SSSR count). The molecule has 2 aromatic rings. The van der Waals surface area contributed by atoms with Gasteiger partial charge in [-0.1, -0.05) is 0 Å². The van der Waals surface area contributed by atoms with Gasteiger partial charge in [-0.25, -0.2) is 4.98 Å². The number of aromatic amines is 1. The number of hydrogen-bond acceptors (Lipinski definition) is 5. The minimum atomic E-state index is -0.149. The van der Waals surface area contributed by atoms with Crippen molar-refractivity contribution in [2.75, 3.05) is 19.7 Å². The summed E-state index contributed by atoms with van der Waals surface area (Å²) in [6.07, 6.45) is 7.74. The highest BCUT2D eigenvalue weighted by Crippen LogP contribution is 2.13. The highest BCUT2D eigenvalue weighted by Gasteiger charge is 2.23. The number of morpholine rings is 1. The highest BCUT2D eigenvalue weighted by molar-refractivity contribution is 5.76. The molecule has 1 atom stereocenters. The molecule has 3 heterocycles. The van der Waals surface area contributed by atoms with Crippen molar-refractivity contribution in [2.24, 2.45) is 0 Å². The number of carbonyl (C=O) groups is 1. The molecule has 0 radical (unpaired) electrons. The van der Waals surface area contributed by atoms with E-state index >= 15 is 0 Å². The second kappa shape index (κ2) is 8.57. The van der Waals surface area contributed by atoms with E-state index in [0.717, 1.165) is 25.1 Å². The van der Waals surface area contributed by atoms with Gasteiger partial charge >= 0.3 is 0 Å². The molecule has 1 fully saturated rings. The van der Waals surface area contributed by atoms with Crippen molar-refractivity contribution >= 4 is 5.91 Å². The monoisotopic (exact) mass is 345 g/mol. The molecule has 0 aromatic carbocycles. The highest BCUT2D eigenvalue weighted by atomic mass is 16.5. The Morgan fingerprint density at radius 2 is 2.36 bits per heavy atom. The van der Waals surface area contributed by atoms with E-state index in [9.17, 15) is 9.59 Å². The number of nitrogens with one attached hydrogen (secondary N) is 1. The topological polar surface area (TPSA) is 93.1 Å². The van der Waals surface area contributed by atoms with E-state index in [1.807, 2.05) is 21.8 Å². The third-order valence-corrected chi connectivity index (χ3v) is 4.29. The molecule has 1 aliphatic rings. The molecule has 1 saturated heterocycles. The Kier molecular flexibility index (Phi) is 5.95. The van der Waals surface area contributed by atoms with Gasteiger partial charge in [0.25, 0.3) is 5.56 Å². The Morgan fingerprint density at radius 3 is 3.16 bits per heavy atom. The van der Waals surface area contributed by atoms with Crippen LogP contribution in [-0.2, 0) is 22.5 Å². The zero-order chi connectivity index (χ0) is 17.5. The standard InChI is InChI=1S/C17H23N5O3/c23-16-11-14(18-13-19-16)4-5-15-12-21(9-10-25-15)17(24)3-1-7-22-8-2-6-20-22/h2,6,8,11,13,15H,1,3-5,7,9-10,12H2,(H,18,19,23)/t15-/m0/s1. The van der Waals surface area contributed by atoms with Crippen molar-refractivity contribution in [3.8, 4) is 0 Å². The second-order valence-corrected chi connectivity index (χ2v) is 6.15. The first-order valence-electron chi connectivity index (χ1n) is 8.61. The third-order valence-electron chi connectivity index (χ3n) is 4.29. The van der Waals surface area contributed by atoms with Crippen molar-refractivity contribution in [1.29, 1.82) is 0 Å². The molecule has 25 heavy (non-hydrogen) atoms. The van der Waals surface area contributed by atoms with E-state index in [0.29, 0.717) is 32.5 Å². The van der Waals surface area contributed by atoms with Crippen LogP contribution in [-0.4, -0.2) is 56.4 Å². The van der Waals surface area contributed by atoms with Gasteiger partial charge in [-0.05, 0) is 25.3 Å². The Bertz CT molecular complexity index is 728. The lowest BCUT2D eigenvalue weighted by atomic mass is 10.1. The molecular weight excluding hydrogens is 322 g/mol. The van der Waals surface area contributed by atoms with Gasteiger partial charge in [0.2, 0.25) is 5.91 Å². The molecule has 8 nitrogen and oxygen atoms in total. The molecule has 0 saturated carbocycles. The summed E-state index contributed by atoms with van der Waals surface area (Å²) in [4.78, 5) is 32.2. The minimum absolute atomic E-state index is 0.00935. The molecule has 8 heteroatoms. The number of aromatic nitrogens is 4. The lowest BCUT2D eigenvalue weighted by Crippen LogP contribution is -2.45. The molecule has 1 aliphatic heterocycles. The Balaban J connectivity index is 1.42. The van der Waals surface area contributed by atoms with Crippen LogP contribution in [0.4, 0.5) is 0 Å². The summed E-state index contributed by atoms with van der Waals surface area (Å²) in [5.74, 6) is 0.162. The van der Waals surface area contributed by atoms with E-state index in [1.165, 1.54) is 12.4 Å². The van der Waals surface area contributed by atoms with Crippen LogP contribution in [0, 0.1) is 0 Å². The molecule has 1 amide bonds. The molecular formula is C17H23N5O3. The van der Waals surface area contributed by atoms with Gasteiger partial charge in [0.15, 0.2) is 0 Å². The molecule has 2 aromatic heterocycles. The molecule has 0 bridgehead atoms. The van der Waals surface area contributed by atoms with Crippen molar-refractivity contribution < 1.29 is 9.53 Å². The van der Waals surface area contributed by atoms with Crippen LogP contribution in [0.1, 0.15) is 25.0 Å². The van der Waals surface area contributed by atoms with E-state index in [4.69, 9.17) is 4.74 Å². The zero-order valence-electron chi connectivity index (χ0n) is 14.1. The average molecular weight is 345 g/mol. The Hall–Kier alpha value is -2.48. The number of rotatable bonds is 7. The van der Waals surface area contributed by atoms with Crippen LogP contribution in [0.3, 0.4) is 0 Å². The van der Waals surface area contributed by atoms with Gasteiger partial charge in [0.1, 0.15) is 0 Å². The predicted octanol–water partition coefficient (Wildman–Crippen LogP) is 0.607. The molecule has 0 spiro atoms. The maximum absolute atomic E-state index is 12.4. The number of carbonyl (C=O) groups excluding carboxylic acids is 1. The maximum Gasteiger partial charge on any atom is 0.250 e. The molecule has 134 valence electrons. The number of aryl methyl sites for hydroxylation is 2. The summed E-state index contributed by atoms with van der Waals surface area (Å²) < 4.78 is 7.59. The van der Waals surface area contributed by atoms with Crippen LogP contribution >= 0.6 is 0 Å². The maximum atomic E-state index is 12.4. The van der Waals surface area contributed by atoms with Gasteiger partial charge in [0, 0.05) is 50.2 Å². The van der Waals surface area contributed by atoms with Gasteiger partial charge < -0.3 is 14.6 Å². The number of hydrogen-bond donors (Lipinski definition) is 1. The predicted molar refractivity (Wildman–Crippen MR) is 91.0 cm³/mol. The van der Waals surface area contributed by atoms with E-state index in [-0.39, 0.29) is 17.6 Å². The fourth-order valence-electron chi connectivity index (χ4n) is 2.96. The lowest BCUT2D eigenvalue weighted by molar-refractivity contribution is -0.139. The Labute approximate surface area is 145 Å². The van der Waals surface area contributed by atoms with E-state index in [1.54, 1.807) is 6.20 Å². The van der Waals surface area contributed by atoms with Crippen molar-refractivity contribution in [2.45, 2.75) is 38.3 Å². The zero-order valence-corrected chi connectivity index (χ0v) is 14.1. The van der Waals surface area contributed by atoms with Gasteiger partial charge in [-0.3, -0.25) is 14.3 Å². The quantitative estimate of drug-likeness (QED) is 0.793. The van der Waals surface area contributed by atoms with Gasteiger partial charge in [-0.2, -0.15) is 5.10 Å². The lowest BCUT2D eigenvalue weighted by Gasteiger charge is -2.33. The second-order valence-electron chi connectivity index (χ2n) is 6.15. The van der Waals surface area contributed by atoms with Gasteiger partial charge in [0.05, 0.1) is 19.0 Å².